The summed E-state index contributed by atoms with van der Waals surface area (Å²) in [6, 6.07) is 2.24. The highest BCUT2D eigenvalue weighted by Gasteiger charge is 2.27. The molecule has 1 aliphatic heterocycles. The number of halogens is 1. The molecule has 1 aliphatic rings. The van der Waals surface area contributed by atoms with E-state index in [9.17, 15) is 4.79 Å². The van der Waals surface area contributed by atoms with Crippen molar-refractivity contribution in [3.8, 4) is 0 Å². The molecule has 1 atom stereocenters. The number of likely N-dealkylation sites (tertiary alicyclic amines) is 1. The van der Waals surface area contributed by atoms with Gasteiger partial charge < -0.3 is 10.6 Å². The van der Waals surface area contributed by atoms with Crippen molar-refractivity contribution in [1.82, 2.24) is 4.90 Å². The molecule has 1 saturated heterocycles. The lowest BCUT2D eigenvalue weighted by molar-refractivity contribution is 0.0628. The Kier molecular flexibility index (Phi) is 5.63. The Labute approximate surface area is 119 Å². The second-order valence-corrected chi connectivity index (χ2v) is 5.99. The molecule has 102 valence electrons. The Balaban J connectivity index is 0.00000162. The fourth-order valence-corrected chi connectivity index (χ4v) is 3.32. The number of rotatable bonds is 2. The van der Waals surface area contributed by atoms with Gasteiger partial charge in [0.2, 0.25) is 0 Å². The molecule has 1 aromatic heterocycles. The highest BCUT2D eigenvalue weighted by Crippen LogP contribution is 2.25. The first kappa shape index (κ1) is 15.5. The first-order valence-electron chi connectivity index (χ1n) is 6.21. The van der Waals surface area contributed by atoms with Gasteiger partial charge in [0.05, 0.1) is 4.88 Å². The lowest BCUT2D eigenvalue weighted by atomic mass is 10.0. The molecule has 2 N–H and O–H groups in total. The minimum atomic E-state index is 0. The van der Waals surface area contributed by atoms with Crippen LogP contribution in [0.1, 0.15) is 39.4 Å². The van der Waals surface area contributed by atoms with E-state index in [0.29, 0.717) is 6.54 Å². The molecule has 0 bridgehead atoms. The number of hydrogen-bond donors (Lipinski definition) is 1. The van der Waals surface area contributed by atoms with Gasteiger partial charge >= 0.3 is 0 Å². The van der Waals surface area contributed by atoms with E-state index >= 15 is 0 Å². The number of carbonyl (C=O) groups is 1. The summed E-state index contributed by atoms with van der Waals surface area (Å²) in [5.74, 6) is 0.168. The standard InChI is InChI=1S/C13H20N2OS.ClH/c1-9-7-12(17-10(9)2)13(16)15-6-4-3-5-11(15)8-14;/h7,11H,3-6,8,14H2,1-2H3;1H. The van der Waals surface area contributed by atoms with Gasteiger partial charge in [-0.25, -0.2) is 0 Å². The number of nitrogens with zero attached hydrogens (tertiary/aromatic N) is 1. The molecule has 18 heavy (non-hydrogen) atoms. The average Bonchev–Trinajstić information content (AvgIpc) is 2.68. The Morgan fingerprint density at radius 3 is 2.78 bits per heavy atom. The molecule has 5 heteroatoms. The highest BCUT2D eigenvalue weighted by molar-refractivity contribution is 7.14. The first-order valence-corrected chi connectivity index (χ1v) is 7.03. The van der Waals surface area contributed by atoms with E-state index in [2.05, 4.69) is 13.8 Å². The second kappa shape index (κ2) is 6.55. The molecule has 0 saturated carbocycles. The number of amides is 1. The van der Waals surface area contributed by atoms with Crippen molar-refractivity contribution in [1.29, 1.82) is 0 Å². The lowest BCUT2D eigenvalue weighted by Crippen LogP contribution is -2.47. The molecule has 0 aliphatic carbocycles. The van der Waals surface area contributed by atoms with Crippen molar-refractivity contribution >= 4 is 29.7 Å². The zero-order chi connectivity index (χ0) is 12.4. The normalized spacial score (nSPS) is 19.5. The van der Waals surface area contributed by atoms with Crippen LogP contribution in [0.25, 0.3) is 0 Å². The van der Waals surface area contributed by atoms with E-state index in [1.165, 1.54) is 16.9 Å². The minimum absolute atomic E-state index is 0. The van der Waals surface area contributed by atoms with Crippen LogP contribution in [-0.2, 0) is 0 Å². The third-order valence-corrected chi connectivity index (χ3v) is 4.68. The molecule has 1 fully saturated rings. The van der Waals surface area contributed by atoms with Crippen molar-refractivity contribution in [2.24, 2.45) is 5.73 Å². The molecular formula is C13H21ClN2OS. The monoisotopic (exact) mass is 288 g/mol. The van der Waals surface area contributed by atoms with Crippen LogP contribution in [0.3, 0.4) is 0 Å². The van der Waals surface area contributed by atoms with Crippen LogP contribution in [0.4, 0.5) is 0 Å². The number of piperidine rings is 1. The van der Waals surface area contributed by atoms with Gasteiger partial charge in [-0.15, -0.1) is 23.7 Å². The molecule has 2 heterocycles. The molecule has 1 unspecified atom stereocenters. The summed E-state index contributed by atoms with van der Waals surface area (Å²) in [7, 11) is 0. The van der Waals surface area contributed by atoms with Crippen LogP contribution in [-0.4, -0.2) is 29.9 Å². The molecule has 2 rings (SSSR count). The predicted molar refractivity (Wildman–Crippen MR) is 78.8 cm³/mol. The van der Waals surface area contributed by atoms with E-state index in [-0.39, 0.29) is 24.4 Å². The van der Waals surface area contributed by atoms with Gasteiger partial charge in [-0.1, -0.05) is 0 Å². The summed E-state index contributed by atoms with van der Waals surface area (Å²) in [5, 5.41) is 0. The van der Waals surface area contributed by atoms with Gasteiger partial charge in [0.15, 0.2) is 0 Å². The summed E-state index contributed by atoms with van der Waals surface area (Å²) in [6.07, 6.45) is 3.34. The second-order valence-electron chi connectivity index (χ2n) is 4.73. The summed E-state index contributed by atoms with van der Waals surface area (Å²) in [4.78, 5) is 16.5. The van der Waals surface area contributed by atoms with Crippen LogP contribution in [0.2, 0.25) is 0 Å². The van der Waals surface area contributed by atoms with E-state index in [0.717, 1.165) is 24.3 Å². The quantitative estimate of drug-likeness (QED) is 0.909. The largest absolute Gasteiger partial charge is 0.334 e. The average molecular weight is 289 g/mol. The van der Waals surface area contributed by atoms with Gasteiger partial charge in [0.1, 0.15) is 0 Å². The van der Waals surface area contributed by atoms with Gasteiger partial charge in [-0.05, 0) is 44.7 Å². The zero-order valence-electron chi connectivity index (χ0n) is 10.9. The van der Waals surface area contributed by atoms with Crippen LogP contribution >= 0.6 is 23.7 Å². The van der Waals surface area contributed by atoms with Crippen molar-refractivity contribution < 1.29 is 4.79 Å². The summed E-state index contributed by atoms with van der Waals surface area (Å²) >= 11 is 1.60. The minimum Gasteiger partial charge on any atom is -0.334 e. The predicted octanol–water partition coefficient (Wildman–Crippen LogP) is 2.74. The van der Waals surface area contributed by atoms with E-state index < -0.39 is 0 Å². The Morgan fingerprint density at radius 2 is 2.22 bits per heavy atom. The van der Waals surface area contributed by atoms with E-state index in [1.807, 2.05) is 11.0 Å². The third kappa shape index (κ3) is 3.05. The van der Waals surface area contributed by atoms with Crippen LogP contribution in [0, 0.1) is 13.8 Å². The molecule has 0 spiro atoms. The maximum absolute atomic E-state index is 12.4. The maximum Gasteiger partial charge on any atom is 0.264 e. The first-order chi connectivity index (χ1) is 8.13. The Hall–Kier alpha value is -0.580. The van der Waals surface area contributed by atoms with E-state index in [4.69, 9.17) is 5.73 Å². The van der Waals surface area contributed by atoms with Gasteiger partial charge in [0, 0.05) is 24.0 Å². The highest BCUT2D eigenvalue weighted by atomic mass is 35.5. The van der Waals surface area contributed by atoms with Crippen LogP contribution in [0.5, 0.6) is 0 Å². The summed E-state index contributed by atoms with van der Waals surface area (Å²) < 4.78 is 0. The van der Waals surface area contributed by atoms with Crippen molar-refractivity contribution in [3.63, 3.8) is 0 Å². The van der Waals surface area contributed by atoms with Gasteiger partial charge in [0.25, 0.3) is 5.91 Å². The third-order valence-electron chi connectivity index (χ3n) is 3.54. The summed E-state index contributed by atoms with van der Waals surface area (Å²) in [5.41, 5.74) is 6.96. The van der Waals surface area contributed by atoms with Crippen molar-refractivity contribution in [2.75, 3.05) is 13.1 Å². The summed E-state index contributed by atoms with van der Waals surface area (Å²) in [6.45, 7) is 5.55. The maximum atomic E-state index is 12.4. The zero-order valence-corrected chi connectivity index (χ0v) is 12.6. The van der Waals surface area contributed by atoms with Crippen molar-refractivity contribution in [3.05, 3.63) is 21.4 Å². The van der Waals surface area contributed by atoms with E-state index in [1.54, 1.807) is 11.3 Å². The SMILES string of the molecule is Cc1cc(C(=O)N2CCCCC2CN)sc1C.Cl. The Morgan fingerprint density at radius 1 is 1.50 bits per heavy atom. The molecule has 0 radical (unpaired) electrons. The van der Waals surface area contributed by atoms with Crippen LogP contribution in [0.15, 0.2) is 6.07 Å². The van der Waals surface area contributed by atoms with Gasteiger partial charge in [-0.3, -0.25) is 4.79 Å². The number of aryl methyl sites for hydroxylation is 2. The number of hydrogen-bond acceptors (Lipinski definition) is 3. The molecule has 0 aromatic carbocycles. The fourth-order valence-electron chi connectivity index (χ4n) is 2.33. The fraction of sp³-hybridized carbons (Fsp3) is 0.615. The molecular weight excluding hydrogens is 268 g/mol. The lowest BCUT2D eigenvalue weighted by Gasteiger charge is -2.34. The van der Waals surface area contributed by atoms with Gasteiger partial charge in [-0.2, -0.15) is 0 Å². The van der Waals surface area contributed by atoms with Crippen molar-refractivity contribution in [2.45, 2.75) is 39.2 Å². The number of carbonyl (C=O) groups excluding carboxylic acids is 1. The smallest absolute Gasteiger partial charge is 0.264 e. The molecule has 1 aromatic rings. The molecule has 1 amide bonds. The van der Waals surface area contributed by atoms with Crippen LogP contribution < -0.4 is 5.73 Å². The number of nitrogens with two attached hydrogens (primary N) is 1. The topological polar surface area (TPSA) is 46.3 Å². The molecule has 3 nitrogen and oxygen atoms in total. The Bertz CT molecular complexity index is 400. The number of thiophene rings is 1.